The van der Waals surface area contributed by atoms with E-state index in [0.717, 1.165) is 39.1 Å². The standard InChI is InChI=1S/C12H12N2O2S.2C11H11BrO3.C11H14O3.C11H12O3.C5H6N2O2S.C4H6O2.CH4N2S.CH4.Br2.Li.H2O/c13-12-14-7-10(17-12)6-11(15)16-8-9-4-2-1-3-5-9;2*12-10(7-13)6-11(14)15-8-9-4-2-1-3-5-9;2*12-8-4-7-11(13)14-9-10-5-2-1-3-6-10;6-5-7-2-3(10-5)1-4(8)9;5-4-2-1-3-6-4;2-1(3)4;;1-2;;/h1-5,7H,6,8H2,(H2,13,14);2*1-5,7,10H,6,8H2;1-3,5-6,12H,4,7-9H2;1-3,5-6,8H,4,7,9H2;2H,1H2,(H2,6,7)(H,8,9);1-3H2;(H4,2,3,4);1H4;;;1H2/q;;;;;;;;;;+1;/p-1. The third-order valence-corrected chi connectivity index (χ3v) is 13.5. The van der Waals surface area contributed by atoms with Crippen LogP contribution in [0.4, 0.5) is 10.3 Å². The molecule has 0 radical (unpaired) electrons. The van der Waals surface area contributed by atoms with Crippen molar-refractivity contribution in [3.63, 3.8) is 0 Å². The number of hydrogen-bond donors (Lipinski definition) is 6. The molecule has 33 heteroatoms. The van der Waals surface area contributed by atoms with E-state index in [1.54, 1.807) is 6.20 Å². The van der Waals surface area contributed by atoms with E-state index >= 15 is 0 Å². The summed E-state index contributed by atoms with van der Waals surface area (Å²) in [5, 5.41) is 17.7. The number of alkyl halides is 2. The zero-order valence-corrected chi connectivity index (χ0v) is 62.6. The van der Waals surface area contributed by atoms with Crippen molar-refractivity contribution < 1.29 is 111 Å². The first kappa shape index (κ1) is 98.8. The van der Waals surface area contributed by atoms with Crippen LogP contribution in [0.5, 0.6) is 0 Å². The first-order chi connectivity index (χ1) is 46.6. The van der Waals surface area contributed by atoms with E-state index in [0.29, 0.717) is 66.7 Å². The Morgan fingerprint density at radius 2 is 0.870 bits per heavy atom. The minimum absolute atomic E-state index is 0. The Hall–Kier alpha value is -7.61. The number of aromatic nitrogens is 2. The van der Waals surface area contributed by atoms with Crippen molar-refractivity contribution in [1.29, 1.82) is 0 Å². The van der Waals surface area contributed by atoms with Crippen LogP contribution in [0.25, 0.3) is 0 Å². The van der Waals surface area contributed by atoms with Gasteiger partial charge in [-0.05, 0) is 52.9 Å². The van der Waals surface area contributed by atoms with Crippen molar-refractivity contribution in [2.45, 2.75) is 114 Å². The van der Waals surface area contributed by atoms with Gasteiger partial charge in [-0.15, -0.1) is 22.7 Å². The van der Waals surface area contributed by atoms with Crippen LogP contribution in [-0.4, -0.2) is 114 Å². The van der Waals surface area contributed by atoms with Gasteiger partial charge in [-0.25, -0.2) is 9.97 Å². The number of anilines is 2. The maximum atomic E-state index is 11.5. The van der Waals surface area contributed by atoms with E-state index in [1.807, 2.05) is 152 Å². The first-order valence-corrected chi connectivity index (χ1v) is 36.4. The first-order valence-electron chi connectivity index (χ1n) is 28.8. The molecule has 0 aliphatic carbocycles. The molecule has 0 spiro atoms. The number of carbonyl (C=O) groups excluding carboxylic acids is 9. The maximum Gasteiger partial charge on any atom is 1.00 e. The molecule has 540 valence electrons. The Labute approximate surface area is 638 Å². The largest absolute Gasteiger partial charge is 1.00 e. The molecule has 8 rings (SSSR count). The van der Waals surface area contributed by atoms with Gasteiger partial charge in [0.05, 0.1) is 48.4 Å². The average Bonchev–Trinajstić information content (AvgIpc) is 1.92. The van der Waals surface area contributed by atoms with Crippen molar-refractivity contribution in [2.24, 2.45) is 11.5 Å². The molecule has 7 aromatic rings. The third kappa shape index (κ3) is 59.3. The van der Waals surface area contributed by atoms with Crippen LogP contribution in [0, 0.1) is 0 Å². The fourth-order valence-corrected chi connectivity index (χ4v) is 8.27. The second-order valence-corrected chi connectivity index (χ2v) is 23.9. The number of aldehydes is 3. The van der Waals surface area contributed by atoms with Crippen molar-refractivity contribution >= 4 is 171 Å². The molecule has 0 bridgehead atoms. The number of carboxylic acid groups (broad SMARTS) is 1. The number of aliphatic hydroxyl groups excluding tert-OH is 1. The molecule has 1 fully saturated rings. The number of halogens is 4. The molecule has 1 saturated heterocycles. The number of nitrogens with two attached hydrogens (primary N) is 4. The number of aliphatic carboxylic acids is 1. The van der Waals surface area contributed by atoms with Crippen LogP contribution in [0.1, 0.15) is 96.4 Å². The van der Waals surface area contributed by atoms with Crippen LogP contribution in [0.2, 0.25) is 0 Å². The van der Waals surface area contributed by atoms with Crippen LogP contribution in [-0.2, 0) is 122 Å². The van der Waals surface area contributed by atoms with Gasteiger partial charge in [-0.3, -0.25) is 33.6 Å². The van der Waals surface area contributed by atoms with E-state index < -0.39 is 15.6 Å². The number of nitrogen functional groups attached to an aromatic ring is 2. The van der Waals surface area contributed by atoms with Gasteiger partial charge in [0.15, 0.2) is 15.4 Å². The summed E-state index contributed by atoms with van der Waals surface area (Å²) in [4.78, 5) is 115. The summed E-state index contributed by atoms with van der Waals surface area (Å²) >= 11 is 18.2. The smallest absolute Gasteiger partial charge is 0.870 e. The number of hydrogen-bond acceptors (Lipinski definition) is 25. The molecule has 2 unspecified atom stereocenters. The van der Waals surface area contributed by atoms with E-state index in [2.05, 4.69) is 98.5 Å². The molecule has 100 heavy (non-hydrogen) atoms. The molecule has 0 saturated carbocycles. The SMILES string of the molecule is BrBr.C.NC(N)=S.Nc1ncc(CC(=O)O)s1.Nc1ncc(CC(=O)OCc2ccccc2)s1.O=C(CCCO)OCc1ccccc1.O=C1CCCO1.O=CC(Br)CC(=O)OCc1ccccc1.O=CC(Br)CC(=O)OCc1ccccc1.O=CCCC(=O)OCc1ccccc1.[Li+].[OH-]. The minimum Gasteiger partial charge on any atom is -0.870 e. The summed E-state index contributed by atoms with van der Waals surface area (Å²) in [5.74, 6) is -2.53. The predicted octanol–water partition coefficient (Wildman–Crippen LogP) is 8.41. The summed E-state index contributed by atoms with van der Waals surface area (Å²) in [6.45, 7) is 2.05. The molecule has 0 amide bonds. The van der Waals surface area contributed by atoms with Crippen molar-refractivity contribution in [2.75, 3.05) is 24.7 Å². The van der Waals surface area contributed by atoms with E-state index in [9.17, 15) is 47.9 Å². The summed E-state index contributed by atoms with van der Waals surface area (Å²) in [5.41, 5.74) is 24.8. The zero-order valence-electron chi connectivity index (χ0n) is 53.8. The molecule has 2 atom stereocenters. The topological polar surface area (TPSA) is 426 Å². The van der Waals surface area contributed by atoms with Gasteiger partial charge in [-0.2, -0.15) is 0 Å². The molecular formula is C67H81Br4LiN6O19S3. The summed E-state index contributed by atoms with van der Waals surface area (Å²) < 4.78 is 29.5. The molecule has 25 nitrogen and oxygen atoms in total. The third-order valence-electron chi connectivity index (χ3n) is 10.8. The van der Waals surface area contributed by atoms with Crippen molar-refractivity contribution in [3.8, 4) is 0 Å². The van der Waals surface area contributed by atoms with Gasteiger partial charge < -0.3 is 81.4 Å². The quantitative estimate of drug-likeness (QED) is 0.00739. The van der Waals surface area contributed by atoms with Crippen molar-refractivity contribution in [3.05, 3.63) is 202 Å². The Kier molecular flexibility index (Phi) is 65.2. The number of rotatable bonds is 26. The van der Waals surface area contributed by atoms with E-state index in [1.165, 1.54) is 28.9 Å². The van der Waals surface area contributed by atoms with Gasteiger partial charge >= 0.3 is 60.6 Å². The van der Waals surface area contributed by atoms with E-state index in [4.69, 9.17) is 45.4 Å². The molecular weight excluding hydrogens is 1620 g/mol. The predicted molar refractivity (Wildman–Crippen MR) is 395 cm³/mol. The number of esters is 6. The van der Waals surface area contributed by atoms with Gasteiger partial charge in [-0.1, -0.05) is 191 Å². The van der Waals surface area contributed by atoms with E-state index in [-0.39, 0.29) is 144 Å². The number of thiocarbonyl (C=S) groups is 1. The zero-order chi connectivity index (χ0) is 72.3. The van der Waals surface area contributed by atoms with Crippen LogP contribution < -0.4 is 41.8 Å². The van der Waals surface area contributed by atoms with Crippen LogP contribution in [0.3, 0.4) is 0 Å². The molecule has 2 aromatic heterocycles. The summed E-state index contributed by atoms with van der Waals surface area (Å²) in [6, 6.07) is 47.3. The maximum absolute atomic E-state index is 11.5. The van der Waals surface area contributed by atoms with Crippen LogP contribution >= 0.6 is 95.0 Å². The molecule has 1 aliphatic rings. The van der Waals surface area contributed by atoms with Gasteiger partial charge in [0.25, 0.3) is 0 Å². The van der Waals surface area contributed by atoms with Crippen LogP contribution in [0.15, 0.2) is 164 Å². The fraction of sp³-hybridized carbons (Fsp3) is 0.299. The Morgan fingerprint density at radius 1 is 0.560 bits per heavy atom. The number of thiazole rings is 2. The average molecular weight is 1700 g/mol. The Balaban J connectivity index is -0.000000534. The van der Waals surface area contributed by atoms with Gasteiger partial charge in [0.2, 0.25) is 0 Å². The molecule has 3 heterocycles. The Morgan fingerprint density at radius 3 is 1.12 bits per heavy atom. The number of carboxylic acids is 1. The number of nitrogens with zero attached hydrogens (tertiary/aromatic N) is 2. The number of carbonyl (C=O) groups is 10. The normalized spacial score (nSPS) is 10.5. The van der Waals surface area contributed by atoms with Gasteiger partial charge in [0.1, 0.15) is 51.9 Å². The second kappa shape index (κ2) is 66.0. The summed E-state index contributed by atoms with van der Waals surface area (Å²) in [6.07, 6.45) is 8.18. The Bertz CT molecular complexity index is 3250. The monoisotopic (exact) mass is 1690 g/mol. The number of ether oxygens (including phenoxy) is 6. The number of cyclic esters (lactones) is 1. The second-order valence-electron chi connectivity index (χ2n) is 18.8. The molecule has 11 N–H and O–H groups in total. The van der Waals surface area contributed by atoms with Gasteiger partial charge in [0, 0.05) is 76.3 Å². The molecule has 5 aromatic carbocycles. The number of aliphatic hydroxyl groups is 1. The van der Waals surface area contributed by atoms with Crippen molar-refractivity contribution in [1.82, 2.24) is 9.97 Å². The minimum atomic E-state index is -0.858. The summed E-state index contributed by atoms with van der Waals surface area (Å²) in [7, 11) is 0. The fourth-order valence-electron chi connectivity index (χ4n) is 6.39. The molecule has 1 aliphatic heterocycles. The number of benzene rings is 5.